The van der Waals surface area contributed by atoms with E-state index < -0.39 is 9.84 Å². The van der Waals surface area contributed by atoms with Crippen LogP contribution in [0.2, 0.25) is 0 Å². The molecule has 0 aromatic heterocycles. The number of carbonyl (C=O) groups excluding carboxylic acids is 1. The lowest BCUT2D eigenvalue weighted by Crippen LogP contribution is -2.45. The molecule has 2 unspecified atom stereocenters. The summed E-state index contributed by atoms with van der Waals surface area (Å²) in [4.78, 5) is 14.9. The molecular formula is C19H28N2O3S. The molecule has 1 heterocycles. The van der Waals surface area contributed by atoms with Crippen LogP contribution < -0.4 is 5.73 Å². The van der Waals surface area contributed by atoms with Crippen molar-refractivity contribution in [3.63, 3.8) is 0 Å². The predicted molar refractivity (Wildman–Crippen MR) is 98.2 cm³/mol. The molecule has 1 aromatic carbocycles. The molecule has 1 saturated heterocycles. The fraction of sp³-hybridized carbons (Fsp3) is 0.632. The summed E-state index contributed by atoms with van der Waals surface area (Å²) in [7, 11) is -3.27. The van der Waals surface area contributed by atoms with Crippen molar-refractivity contribution < 1.29 is 13.2 Å². The van der Waals surface area contributed by atoms with Crippen molar-refractivity contribution in [1.29, 1.82) is 0 Å². The molecule has 0 bridgehead atoms. The van der Waals surface area contributed by atoms with Gasteiger partial charge in [0.1, 0.15) is 0 Å². The van der Waals surface area contributed by atoms with Gasteiger partial charge >= 0.3 is 0 Å². The van der Waals surface area contributed by atoms with Gasteiger partial charge in [-0.1, -0.05) is 12.8 Å². The van der Waals surface area contributed by atoms with Gasteiger partial charge < -0.3 is 10.6 Å². The number of carbonyl (C=O) groups is 1. The van der Waals surface area contributed by atoms with Crippen molar-refractivity contribution in [2.75, 3.05) is 13.1 Å². The zero-order valence-electron chi connectivity index (χ0n) is 14.9. The average molecular weight is 365 g/mol. The van der Waals surface area contributed by atoms with Crippen LogP contribution in [0.25, 0.3) is 0 Å². The van der Waals surface area contributed by atoms with E-state index in [-0.39, 0.29) is 17.2 Å². The summed E-state index contributed by atoms with van der Waals surface area (Å²) in [6.45, 7) is 3.41. The first-order valence-electron chi connectivity index (χ1n) is 9.28. The van der Waals surface area contributed by atoms with Crippen molar-refractivity contribution in [1.82, 2.24) is 4.90 Å². The molecule has 2 atom stereocenters. The number of piperidine rings is 1. The van der Waals surface area contributed by atoms with Crippen molar-refractivity contribution >= 4 is 15.7 Å². The second kappa shape index (κ2) is 7.46. The van der Waals surface area contributed by atoms with Gasteiger partial charge in [-0.3, -0.25) is 4.79 Å². The second-order valence-corrected chi connectivity index (χ2v) is 9.72. The fourth-order valence-corrected chi connectivity index (χ4v) is 5.84. The summed E-state index contributed by atoms with van der Waals surface area (Å²) in [5, 5.41) is -0.261. The summed E-state index contributed by atoms with van der Waals surface area (Å²) < 4.78 is 25.3. The van der Waals surface area contributed by atoms with Crippen LogP contribution in [0.3, 0.4) is 0 Å². The van der Waals surface area contributed by atoms with Crippen LogP contribution in [-0.2, 0) is 9.84 Å². The lowest BCUT2D eigenvalue weighted by molar-refractivity contribution is 0.0661. The topological polar surface area (TPSA) is 80.5 Å². The zero-order valence-corrected chi connectivity index (χ0v) is 15.7. The minimum absolute atomic E-state index is 0.0323. The number of hydrogen-bond acceptors (Lipinski definition) is 4. The maximum Gasteiger partial charge on any atom is 0.253 e. The number of likely N-dealkylation sites (tertiary alicyclic amines) is 1. The molecule has 2 N–H and O–H groups in total. The summed E-state index contributed by atoms with van der Waals surface area (Å²) in [5.41, 5.74) is 6.54. The number of benzene rings is 1. The lowest BCUT2D eigenvalue weighted by atomic mass is 9.92. The highest BCUT2D eigenvalue weighted by Crippen LogP contribution is 2.30. The van der Waals surface area contributed by atoms with Crippen molar-refractivity contribution in [3.05, 3.63) is 29.8 Å². The Balaban J connectivity index is 1.72. The molecule has 2 aliphatic rings. The van der Waals surface area contributed by atoms with E-state index in [1.807, 2.05) is 11.8 Å². The summed E-state index contributed by atoms with van der Waals surface area (Å²) in [6, 6.07) is 6.57. The van der Waals surface area contributed by atoms with Crippen molar-refractivity contribution in [2.45, 2.75) is 61.6 Å². The number of rotatable bonds is 4. The number of amides is 1. The molecule has 1 aliphatic heterocycles. The van der Waals surface area contributed by atoms with Crippen LogP contribution in [0.1, 0.15) is 55.8 Å². The normalized spacial score (nSPS) is 23.6. The molecule has 0 spiro atoms. The highest BCUT2D eigenvalue weighted by Gasteiger charge is 2.31. The summed E-state index contributed by atoms with van der Waals surface area (Å²) >= 11 is 0. The van der Waals surface area contributed by atoms with Crippen molar-refractivity contribution in [2.24, 2.45) is 11.7 Å². The van der Waals surface area contributed by atoms with E-state index in [4.69, 9.17) is 5.73 Å². The third kappa shape index (κ3) is 3.90. The monoisotopic (exact) mass is 364 g/mol. The van der Waals surface area contributed by atoms with Crippen LogP contribution in [0.15, 0.2) is 29.2 Å². The SMILES string of the molecule is CC(N)C1CCCN(C(=O)c2ccc(S(=O)(=O)C3CCCC3)cc2)C1. The van der Waals surface area contributed by atoms with Gasteiger partial charge in [0.2, 0.25) is 0 Å². The Hall–Kier alpha value is -1.40. The molecule has 6 heteroatoms. The van der Waals surface area contributed by atoms with Crippen LogP contribution in [0.5, 0.6) is 0 Å². The summed E-state index contributed by atoms with van der Waals surface area (Å²) in [6.07, 6.45) is 5.48. The van der Waals surface area contributed by atoms with E-state index in [0.29, 0.717) is 22.9 Å². The number of nitrogens with zero attached hydrogens (tertiary/aromatic N) is 1. The smallest absolute Gasteiger partial charge is 0.253 e. The quantitative estimate of drug-likeness (QED) is 0.890. The van der Waals surface area contributed by atoms with Crippen molar-refractivity contribution in [3.8, 4) is 0 Å². The second-order valence-electron chi connectivity index (χ2n) is 7.49. The molecule has 1 aromatic rings. The first kappa shape index (κ1) is 18.4. The highest BCUT2D eigenvalue weighted by molar-refractivity contribution is 7.92. The lowest BCUT2D eigenvalue weighted by Gasteiger charge is -2.34. The molecule has 138 valence electrons. The van der Waals surface area contributed by atoms with E-state index in [1.54, 1.807) is 24.3 Å². The molecular weight excluding hydrogens is 336 g/mol. The van der Waals surface area contributed by atoms with Crippen LogP contribution in [0, 0.1) is 5.92 Å². The van der Waals surface area contributed by atoms with E-state index in [1.165, 1.54) is 0 Å². The Morgan fingerprint density at radius 3 is 2.36 bits per heavy atom. The summed E-state index contributed by atoms with van der Waals surface area (Å²) in [5.74, 6) is 0.301. The van der Waals surface area contributed by atoms with E-state index in [0.717, 1.165) is 45.1 Å². The van der Waals surface area contributed by atoms with Gasteiger partial charge in [0.15, 0.2) is 9.84 Å². The maximum absolute atomic E-state index is 12.7. The number of nitrogens with two attached hydrogens (primary N) is 1. The molecule has 2 fully saturated rings. The molecule has 1 aliphatic carbocycles. The Morgan fingerprint density at radius 1 is 1.12 bits per heavy atom. The van der Waals surface area contributed by atoms with Crippen LogP contribution >= 0.6 is 0 Å². The van der Waals surface area contributed by atoms with E-state index in [2.05, 4.69) is 0 Å². The van der Waals surface area contributed by atoms with Crippen LogP contribution in [-0.4, -0.2) is 43.6 Å². The van der Waals surface area contributed by atoms with Gasteiger partial charge in [-0.25, -0.2) is 8.42 Å². The molecule has 25 heavy (non-hydrogen) atoms. The first-order chi connectivity index (χ1) is 11.9. The van der Waals surface area contributed by atoms with Crippen LogP contribution in [0.4, 0.5) is 0 Å². The first-order valence-corrected chi connectivity index (χ1v) is 10.8. The van der Waals surface area contributed by atoms with Gasteiger partial charge in [0, 0.05) is 24.7 Å². The minimum Gasteiger partial charge on any atom is -0.338 e. The highest BCUT2D eigenvalue weighted by atomic mass is 32.2. The van der Waals surface area contributed by atoms with E-state index in [9.17, 15) is 13.2 Å². The zero-order chi connectivity index (χ0) is 18.0. The third-order valence-corrected chi connectivity index (χ3v) is 7.94. The molecule has 1 saturated carbocycles. The maximum atomic E-state index is 12.7. The van der Waals surface area contributed by atoms with Gasteiger partial charge in [0.05, 0.1) is 10.1 Å². The third-order valence-electron chi connectivity index (χ3n) is 5.66. The van der Waals surface area contributed by atoms with Gasteiger partial charge in [0.25, 0.3) is 5.91 Å². The standard InChI is InChI=1S/C19H28N2O3S/c1-14(20)16-5-4-12-21(13-16)19(22)15-8-10-18(11-9-15)25(23,24)17-6-2-3-7-17/h8-11,14,16-17H,2-7,12-13,20H2,1H3. The Bertz CT molecular complexity index is 707. The Labute approximate surface area is 150 Å². The molecule has 3 rings (SSSR count). The fourth-order valence-electron chi connectivity index (χ4n) is 3.98. The molecule has 1 amide bonds. The van der Waals surface area contributed by atoms with Gasteiger partial charge in [-0.05, 0) is 62.8 Å². The predicted octanol–water partition coefficient (Wildman–Crippen LogP) is 2.60. The minimum atomic E-state index is -3.27. The van der Waals surface area contributed by atoms with Gasteiger partial charge in [-0.15, -0.1) is 0 Å². The Morgan fingerprint density at radius 2 is 1.76 bits per heavy atom. The van der Waals surface area contributed by atoms with Gasteiger partial charge in [-0.2, -0.15) is 0 Å². The number of hydrogen-bond donors (Lipinski definition) is 1. The largest absolute Gasteiger partial charge is 0.338 e. The average Bonchev–Trinajstić information content (AvgIpc) is 3.17. The molecule has 0 radical (unpaired) electrons. The number of sulfone groups is 1. The molecule has 5 nitrogen and oxygen atoms in total. The Kier molecular flexibility index (Phi) is 5.49. The van der Waals surface area contributed by atoms with E-state index >= 15 is 0 Å².